The van der Waals surface area contributed by atoms with Crippen molar-refractivity contribution in [3.63, 3.8) is 0 Å². The van der Waals surface area contributed by atoms with Gasteiger partial charge in [0.05, 0.1) is 67.5 Å². The van der Waals surface area contributed by atoms with Crippen LogP contribution in [0.3, 0.4) is 0 Å². The second kappa shape index (κ2) is 24.7. The quantitative estimate of drug-likeness (QED) is 0.104. The van der Waals surface area contributed by atoms with Crippen LogP contribution in [0.5, 0.6) is 0 Å². The molecule has 2 aromatic heterocycles. The molecular formula is C53H73BrN2O13. The van der Waals surface area contributed by atoms with Crippen LogP contribution < -0.4 is 0 Å². The van der Waals surface area contributed by atoms with Gasteiger partial charge < -0.3 is 57.3 Å². The molecule has 4 fully saturated rings. The van der Waals surface area contributed by atoms with Gasteiger partial charge in [0.2, 0.25) is 5.89 Å². The highest BCUT2D eigenvalue weighted by Crippen LogP contribution is 2.40. The van der Waals surface area contributed by atoms with E-state index in [4.69, 9.17) is 52.0 Å². The number of esters is 1. The molecule has 4 saturated heterocycles. The molecule has 0 saturated carbocycles. The van der Waals surface area contributed by atoms with E-state index in [9.17, 15) is 20.1 Å². The number of aromatic nitrogens is 2. The summed E-state index contributed by atoms with van der Waals surface area (Å²) in [6.07, 6.45) is 17.7. The number of allylic oxidation sites excluding steroid dienone is 2. The van der Waals surface area contributed by atoms with E-state index in [2.05, 4.69) is 29.4 Å². The summed E-state index contributed by atoms with van der Waals surface area (Å²) < 4.78 is 55.4. The van der Waals surface area contributed by atoms with Gasteiger partial charge in [0.15, 0.2) is 11.7 Å². The number of hydrogen-bond acceptors (Lipinski definition) is 15. The summed E-state index contributed by atoms with van der Waals surface area (Å²) in [4.78, 5) is 24.9. The van der Waals surface area contributed by atoms with Crippen molar-refractivity contribution >= 4 is 34.1 Å². The third-order valence-electron chi connectivity index (χ3n) is 14.1. The largest absolute Gasteiger partial charge is 0.462 e. The average Bonchev–Trinajstić information content (AvgIpc) is 3.96. The summed E-state index contributed by atoms with van der Waals surface area (Å²) in [7, 11) is 3.22. The maximum absolute atomic E-state index is 13.6. The number of carbonyl (C=O) groups is 1. The minimum Gasteiger partial charge on any atom is -0.462 e. The van der Waals surface area contributed by atoms with Crippen molar-refractivity contribution in [1.82, 2.24) is 9.97 Å². The van der Waals surface area contributed by atoms with E-state index in [0.29, 0.717) is 68.6 Å². The Bertz CT molecular complexity index is 2160. The third-order valence-corrected chi connectivity index (χ3v) is 14.5. The molecular weight excluding hydrogens is 952 g/mol. The number of halogens is 1. The van der Waals surface area contributed by atoms with Gasteiger partial charge in [0.1, 0.15) is 36.1 Å². The Balaban J connectivity index is 1.05. The fourth-order valence-corrected chi connectivity index (χ4v) is 10.8. The summed E-state index contributed by atoms with van der Waals surface area (Å²) in [6.45, 7) is 12.3. The molecule has 5 aliphatic rings. The van der Waals surface area contributed by atoms with Crippen molar-refractivity contribution in [1.29, 1.82) is 0 Å². The normalized spacial score (nSPS) is 35.9. The Hall–Kier alpha value is -3.55. The topological polar surface area (TPSA) is 194 Å². The average molecular weight is 1030 g/mol. The first kappa shape index (κ1) is 53.3. The van der Waals surface area contributed by atoms with Crippen LogP contribution in [-0.4, -0.2) is 118 Å². The molecule has 15 atom stereocenters. The van der Waals surface area contributed by atoms with E-state index in [1.54, 1.807) is 31.5 Å². The predicted octanol–water partition coefficient (Wildman–Crippen LogP) is 8.98. The number of oxazole rings is 2. The van der Waals surface area contributed by atoms with Crippen LogP contribution in [0.1, 0.15) is 134 Å². The fraction of sp³-hybridized carbons (Fsp3) is 0.642. The molecule has 3 N–H and O–H groups in total. The second-order valence-electron chi connectivity index (χ2n) is 19.8. The fourth-order valence-electron chi connectivity index (χ4n) is 10.6. The van der Waals surface area contributed by atoms with Crippen LogP contribution in [0.2, 0.25) is 0 Å². The SMILES string of the molecule is C=C1C[C@@H]2C[C@@H]3C[C@@H](O)CC(O3)c3coc(n3)/C=C/C[C@H]3O[C@@H](/C(C)=C/c4coc(C[C@]5(O)CC(OC)C[C@H]([C@H](O)/C=C(C)/C=C/C(C/C=C/Br)OC)O5)n4)[C@H](C)[C@@H](OC(=O)CCC[C@@H](C1)O2)[C@H]3C. The summed E-state index contributed by atoms with van der Waals surface area (Å²) >= 11 is 3.29. The van der Waals surface area contributed by atoms with E-state index in [0.717, 1.165) is 29.6 Å². The first-order chi connectivity index (χ1) is 33.1. The van der Waals surface area contributed by atoms with Crippen LogP contribution in [-0.2, 0) is 44.4 Å². The number of fused-ring (bicyclic) bond motifs is 9. The lowest BCUT2D eigenvalue weighted by molar-refractivity contribution is -0.286. The van der Waals surface area contributed by atoms with E-state index in [1.807, 2.05) is 57.2 Å². The number of aliphatic hydroxyl groups excluding tert-OH is 2. The van der Waals surface area contributed by atoms with Crippen molar-refractivity contribution in [2.24, 2.45) is 11.8 Å². The number of carbonyl (C=O) groups excluding carboxylic acids is 1. The van der Waals surface area contributed by atoms with Gasteiger partial charge in [-0.1, -0.05) is 77.9 Å². The summed E-state index contributed by atoms with van der Waals surface area (Å²) in [5.74, 6) is -1.68. The smallest absolute Gasteiger partial charge is 0.306 e. The minimum atomic E-state index is -1.72. The van der Waals surface area contributed by atoms with E-state index in [1.165, 1.54) is 6.26 Å². The zero-order chi connectivity index (χ0) is 49.2. The Morgan fingerprint density at radius 1 is 1.03 bits per heavy atom. The molecule has 0 aliphatic carbocycles. The van der Waals surface area contributed by atoms with Gasteiger partial charge >= 0.3 is 5.97 Å². The molecule has 380 valence electrons. The monoisotopic (exact) mass is 1020 g/mol. The Kier molecular flexibility index (Phi) is 19.1. The van der Waals surface area contributed by atoms with Gasteiger partial charge in [-0.05, 0) is 81.5 Å². The molecule has 3 unspecified atom stereocenters. The van der Waals surface area contributed by atoms with Crippen molar-refractivity contribution < 1.29 is 62.1 Å². The van der Waals surface area contributed by atoms with Gasteiger partial charge in [-0.2, -0.15) is 0 Å². The maximum Gasteiger partial charge on any atom is 0.306 e. The first-order valence-electron chi connectivity index (χ1n) is 24.6. The number of ether oxygens (including phenoxy) is 7. The van der Waals surface area contributed by atoms with E-state index in [-0.39, 0.29) is 79.6 Å². The first-order valence-corrected chi connectivity index (χ1v) is 25.5. The number of rotatable bonds is 12. The lowest BCUT2D eigenvalue weighted by Crippen LogP contribution is -2.51. The van der Waals surface area contributed by atoms with Crippen LogP contribution in [0.15, 0.2) is 80.0 Å². The lowest BCUT2D eigenvalue weighted by Gasteiger charge is -2.44. The van der Waals surface area contributed by atoms with E-state index < -0.39 is 42.4 Å². The van der Waals surface area contributed by atoms with Gasteiger partial charge in [-0.15, -0.1) is 0 Å². The molecule has 5 aliphatic heterocycles. The van der Waals surface area contributed by atoms with Gasteiger partial charge in [0, 0.05) is 58.2 Å². The molecule has 16 heteroatoms. The zero-order valence-electron chi connectivity index (χ0n) is 41.0. The number of hydrogen-bond donors (Lipinski definition) is 3. The van der Waals surface area contributed by atoms with Crippen molar-refractivity contribution in [3.8, 4) is 0 Å². The third kappa shape index (κ3) is 14.8. The van der Waals surface area contributed by atoms with Crippen LogP contribution in [0.25, 0.3) is 12.2 Å². The van der Waals surface area contributed by atoms with Crippen LogP contribution >= 0.6 is 15.9 Å². The Morgan fingerprint density at radius 3 is 2.62 bits per heavy atom. The second-order valence-corrected chi connectivity index (χ2v) is 20.3. The number of nitrogens with zero attached hydrogens (tertiary/aromatic N) is 2. The molecule has 7 rings (SSSR count). The van der Waals surface area contributed by atoms with Crippen LogP contribution in [0, 0.1) is 11.8 Å². The summed E-state index contributed by atoms with van der Waals surface area (Å²) in [6, 6.07) is 0. The van der Waals surface area contributed by atoms with Crippen LogP contribution in [0.4, 0.5) is 0 Å². The van der Waals surface area contributed by atoms with Crippen molar-refractivity contribution in [2.45, 2.75) is 190 Å². The molecule has 7 heterocycles. The highest BCUT2D eigenvalue weighted by molar-refractivity contribution is 9.11. The highest BCUT2D eigenvalue weighted by atomic mass is 79.9. The van der Waals surface area contributed by atoms with Gasteiger partial charge in [-0.3, -0.25) is 4.79 Å². The maximum atomic E-state index is 13.6. The van der Waals surface area contributed by atoms with Gasteiger partial charge in [-0.25, -0.2) is 9.97 Å². The standard InChI is InChI=1S/C53H73BrN2O13/c1-31(16-17-38(61-6)12-10-18-54)21-44(58)47-26-42(62-7)27-53(60,69-47)28-49-55-36(29-63-49)22-33(3)51-35(5)52-34(4)45(67-51)13-9-14-48-56-43(30-64-48)46-24-37(57)23-41(66-46)25-40-20-32(2)19-39(65-40)11-8-15-50(59)68-52/h9-10,14,16-18,21-22,29-30,34-35,37-42,44-47,51-52,57-58,60H,2,8,11-13,15,19-20,23-28H2,1,3-7H3/b14-9+,17-16+,18-10+,31-21+,33-22+/t34-,35-,37+,38?,39-,40+,41-,42?,44+,45+,46?,47+,51-,52-,53-/m0/s1. The van der Waals surface area contributed by atoms with E-state index >= 15 is 0 Å². The molecule has 0 spiro atoms. The lowest BCUT2D eigenvalue weighted by atomic mass is 9.79. The van der Waals surface area contributed by atoms with Gasteiger partial charge in [0.25, 0.3) is 0 Å². The molecule has 0 aromatic carbocycles. The molecule has 15 nitrogen and oxygen atoms in total. The molecule has 8 bridgehead atoms. The zero-order valence-corrected chi connectivity index (χ0v) is 42.5. The molecule has 0 radical (unpaired) electrons. The molecule has 0 amide bonds. The van der Waals surface area contributed by atoms with Crippen molar-refractivity contribution in [2.75, 3.05) is 14.2 Å². The Labute approximate surface area is 415 Å². The minimum absolute atomic E-state index is 0.0663. The Morgan fingerprint density at radius 2 is 1.84 bits per heavy atom. The summed E-state index contributed by atoms with van der Waals surface area (Å²) in [5.41, 5.74) is 3.94. The molecule has 2 aromatic rings. The predicted molar refractivity (Wildman–Crippen MR) is 261 cm³/mol. The highest BCUT2D eigenvalue weighted by Gasteiger charge is 2.45. The number of aliphatic hydroxyl groups is 3. The number of methoxy groups -OCH3 is 2. The summed E-state index contributed by atoms with van der Waals surface area (Å²) in [5, 5.41) is 33.9. The van der Waals surface area contributed by atoms with Crippen molar-refractivity contribution in [3.05, 3.63) is 94.4 Å². The molecule has 69 heavy (non-hydrogen) atoms.